The highest BCUT2D eigenvalue weighted by atomic mass is 35.5. The topological polar surface area (TPSA) is 17.1 Å². The SMILES string of the molecule is Cc1cccc(CC(C(=O)Cl)c2ccccc2C)c1. The standard InChI is InChI=1S/C17H17ClO/c1-12-6-5-8-14(10-12)11-16(17(18)19)15-9-4-3-7-13(15)2/h3-10,16H,11H2,1-2H3. The number of carbonyl (C=O) groups excluding carboxylic acids is 1. The van der Waals surface area contributed by atoms with Gasteiger partial charge >= 0.3 is 0 Å². The third-order valence-corrected chi connectivity index (χ3v) is 3.62. The van der Waals surface area contributed by atoms with E-state index in [1.807, 2.05) is 43.3 Å². The molecule has 0 saturated carbocycles. The van der Waals surface area contributed by atoms with Crippen molar-refractivity contribution in [3.63, 3.8) is 0 Å². The Morgan fingerprint density at radius 1 is 1.11 bits per heavy atom. The number of benzene rings is 2. The Morgan fingerprint density at radius 3 is 2.47 bits per heavy atom. The molecule has 0 radical (unpaired) electrons. The first-order valence-electron chi connectivity index (χ1n) is 6.38. The van der Waals surface area contributed by atoms with Crippen LogP contribution in [0.15, 0.2) is 48.5 Å². The molecule has 98 valence electrons. The Balaban J connectivity index is 2.32. The Hall–Kier alpha value is -1.60. The van der Waals surface area contributed by atoms with Gasteiger partial charge in [-0.05, 0) is 48.6 Å². The average Bonchev–Trinajstić information content (AvgIpc) is 2.37. The van der Waals surface area contributed by atoms with Gasteiger partial charge < -0.3 is 0 Å². The molecule has 19 heavy (non-hydrogen) atoms. The summed E-state index contributed by atoms with van der Waals surface area (Å²) in [6.07, 6.45) is 0.648. The zero-order valence-corrected chi connectivity index (χ0v) is 11.9. The molecule has 2 heteroatoms. The van der Waals surface area contributed by atoms with Crippen molar-refractivity contribution in [1.29, 1.82) is 0 Å². The van der Waals surface area contributed by atoms with Crippen LogP contribution in [0.5, 0.6) is 0 Å². The minimum atomic E-state index is -0.296. The van der Waals surface area contributed by atoms with Gasteiger partial charge in [0.2, 0.25) is 5.24 Å². The fourth-order valence-corrected chi connectivity index (χ4v) is 2.56. The van der Waals surface area contributed by atoms with Crippen LogP contribution in [-0.2, 0) is 11.2 Å². The Labute approximate surface area is 119 Å². The van der Waals surface area contributed by atoms with Crippen LogP contribution >= 0.6 is 11.6 Å². The second kappa shape index (κ2) is 6.03. The van der Waals surface area contributed by atoms with Crippen molar-refractivity contribution < 1.29 is 4.79 Å². The van der Waals surface area contributed by atoms with Crippen molar-refractivity contribution in [2.45, 2.75) is 26.2 Å². The molecule has 2 rings (SSSR count). The molecular formula is C17H17ClO. The lowest BCUT2D eigenvalue weighted by Gasteiger charge is -2.16. The lowest BCUT2D eigenvalue weighted by Crippen LogP contribution is -2.11. The molecule has 0 aliphatic rings. The Bertz CT molecular complexity index is 589. The zero-order valence-electron chi connectivity index (χ0n) is 11.2. The zero-order chi connectivity index (χ0) is 13.8. The quantitative estimate of drug-likeness (QED) is 0.754. The number of halogens is 1. The van der Waals surface area contributed by atoms with Gasteiger partial charge in [0.25, 0.3) is 0 Å². The molecule has 0 N–H and O–H groups in total. The molecule has 1 unspecified atom stereocenters. The van der Waals surface area contributed by atoms with Crippen molar-refractivity contribution in [3.05, 3.63) is 70.8 Å². The van der Waals surface area contributed by atoms with E-state index in [-0.39, 0.29) is 11.2 Å². The molecule has 0 heterocycles. The highest BCUT2D eigenvalue weighted by molar-refractivity contribution is 6.64. The van der Waals surface area contributed by atoms with Crippen LogP contribution in [0.4, 0.5) is 0 Å². The molecule has 2 aromatic rings. The van der Waals surface area contributed by atoms with E-state index in [0.29, 0.717) is 6.42 Å². The van der Waals surface area contributed by atoms with Gasteiger partial charge in [-0.2, -0.15) is 0 Å². The van der Waals surface area contributed by atoms with Crippen LogP contribution in [0.3, 0.4) is 0 Å². The van der Waals surface area contributed by atoms with Gasteiger partial charge in [-0.15, -0.1) is 0 Å². The molecule has 0 fully saturated rings. The summed E-state index contributed by atoms with van der Waals surface area (Å²) in [5, 5.41) is -0.296. The van der Waals surface area contributed by atoms with Crippen LogP contribution < -0.4 is 0 Å². The van der Waals surface area contributed by atoms with Crippen LogP contribution in [-0.4, -0.2) is 5.24 Å². The van der Waals surface area contributed by atoms with Gasteiger partial charge in [0.15, 0.2) is 0 Å². The smallest absolute Gasteiger partial charge is 0.229 e. The summed E-state index contributed by atoms with van der Waals surface area (Å²) in [5.74, 6) is -0.273. The van der Waals surface area contributed by atoms with Crippen molar-refractivity contribution in [2.24, 2.45) is 0 Å². The van der Waals surface area contributed by atoms with E-state index < -0.39 is 0 Å². The highest BCUT2D eigenvalue weighted by Gasteiger charge is 2.20. The molecular weight excluding hydrogens is 256 g/mol. The van der Waals surface area contributed by atoms with E-state index in [4.69, 9.17) is 11.6 Å². The second-order valence-electron chi connectivity index (χ2n) is 4.91. The molecule has 1 nitrogen and oxygen atoms in total. The Morgan fingerprint density at radius 2 is 1.84 bits per heavy atom. The van der Waals surface area contributed by atoms with E-state index in [1.54, 1.807) is 0 Å². The predicted molar refractivity (Wildman–Crippen MR) is 79.7 cm³/mol. The van der Waals surface area contributed by atoms with Crippen molar-refractivity contribution >= 4 is 16.8 Å². The number of carbonyl (C=O) groups is 1. The van der Waals surface area contributed by atoms with E-state index >= 15 is 0 Å². The molecule has 0 bridgehead atoms. The van der Waals surface area contributed by atoms with E-state index in [1.165, 1.54) is 5.56 Å². The summed E-state index contributed by atoms with van der Waals surface area (Å²) in [6, 6.07) is 16.1. The predicted octanol–water partition coefficient (Wildman–Crippen LogP) is 4.40. The summed E-state index contributed by atoms with van der Waals surface area (Å²) in [7, 11) is 0. The molecule has 2 aromatic carbocycles. The van der Waals surface area contributed by atoms with Gasteiger partial charge in [0.1, 0.15) is 0 Å². The average molecular weight is 273 g/mol. The van der Waals surface area contributed by atoms with Crippen molar-refractivity contribution in [2.75, 3.05) is 0 Å². The van der Waals surface area contributed by atoms with E-state index in [9.17, 15) is 4.79 Å². The summed E-state index contributed by atoms with van der Waals surface area (Å²) in [5.41, 5.74) is 4.46. The summed E-state index contributed by atoms with van der Waals surface area (Å²) < 4.78 is 0. The monoisotopic (exact) mass is 272 g/mol. The molecule has 0 aliphatic carbocycles. The van der Waals surface area contributed by atoms with E-state index in [2.05, 4.69) is 19.1 Å². The number of hydrogen-bond acceptors (Lipinski definition) is 1. The maximum Gasteiger partial charge on any atom is 0.229 e. The first kappa shape index (κ1) is 13.8. The fourth-order valence-electron chi connectivity index (χ4n) is 2.37. The first-order valence-corrected chi connectivity index (χ1v) is 6.76. The molecule has 0 spiro atoms. The molecule has 1 atom stereocenters. The third-order valence-electron chi connectivity index (χ3n) is 3.36. The van der Waals surface area contributed by atoms with E-state index in [0.717, 1.165) is 16.7 Å². The molecule has 0 saturated heterocycles. The second-order valence-corrected chi connectivity index (χ2v) is 5.28. The van der Waals surface area contributed by atoms with Gasteiger partial charge in [0, 0.05) is 0 Å². The number of aryl methyl sites for hydroxylation is 2. The van der Waals surface area contributed by atoms with Crippen molar-refractivity contribution in [3.8, 4) is 0 Å². The normalized spacial score (nSPS) is 12.2. The molecule has 0 amide bonds. The van der Waals surface area contributed by atoms with Gasteiger partial charge in [-0.3, -0.25) is 4.79 Å². The minimum absolute atomic E-state index is 0.273. The van der Waals surface area contributed by atoms with Crippen LogP contribution in [0.25, 0.3) is 0 Å². The maximum absolute atomic E-state index is 11.8. The maximum atomic E-state index is 11.8. The number of hydrogen-bond donors (Lipinski definition) is 0. The fraction of sp³-hybridized carbons (Fsp3) is 0.235. The summed E-state index contributed by atoms with van der Waals surface area (Å²) in [6.45, 7) is 4.06. The largest absolute Gasteiger partial charge is 0.281 e. The van der Waals surface area contributed by atoms with Gasteiger partial charge in [-0.25, -0.2) is 0 Å². The van der Waals surface area contributed by atoms with Crippen LogP contribution in [0.2, 0.25) is 0 Å². The number of rotatable bonds is 4. The minimum Gasteiger partial charge on any atom is -0.281 e. The van der Waals surface area contributed by atoms with Crippen LogP contribution in [0.1, 0.15) is 28.2 Å². The molecule has 0 aromatic heterocycles. The summed E-state index contributed by atoms with van der Waals surface area (Å²) in [4.78, 5) is 11.8. The van der Waals surface area contributed by atoms with Crippen LogP contribution in [0, 0.1) is 13.8 Å². The lowest BCUT2D eigenvalue weighted by atomic mass is 9.90. The van der Waals surface area contributed by atoms with Gasteiger partial charge in [-0.1, -0.05) is 54.1 Å². The summed E-state index contributed by atoms with van der Waals surface area (Å²) >= 11 is 5.80. The first-order chi connectivity index (χ1) is 9.08. The highest BCUT2D eigenvalue weighted by Crippen LogP contribution is 2.26. The van der Waals surface area contributed by atoms with Gasteiger partial charge in [0.05, 0.1) is 5.92 Å². The third kappa shape index (κ3) is 3.45. The molecule has 0 aliphatic heterocycles. The van der Waals surface area contributed by atoms with Crippen molar-refractivity contribution in [1.82, 2.24) is 0 Å². The Kier molecular flexibility index (Phi) is 4.39. The lowest BCUT2D eigenvalue weighted by molar-refractivity contribution is -0.113.